The molecule has 1 unspecified atom stereocenters. The van der Waals surface area contributed by atoms with Gasteiger partial charge >= 0.3 is 0 Å². The summed E-state index contributed by atoms with van der Waals surface area (Å²) in [6.45, 7) is 2.21. The first-order chi connectivity index (χ1) is 7.70. The molecule has 1 atom stereocenters. The summed E-state index contributed by atoms with van der Waals surface area (Å²) in [6, 6.07) is 8.39. The summed E-state index contributed by atoms with van der Waals surface area (Å²) in [5.41, 5.74) is 1.46. The molecule has 0 aromatic heterocycles. The highest BCUT2D eigenvalue weighted by molar-refractivity contribution is 5.33. The predicted molar refractivity (Wildman–Crippen MR) is 65.8 cm³/mol. The van der Waals surface area contributed by atoms with Gasteiger partial charge in [0.1, 0.15) is 5.75 Å². The van der Waals surface area contributed by atoms with Crippen LogP contribution in [0.2, 0.25) is 0 Å². The number of hydrogen-bond donors (Lipinski definition) is 1. The molecule has 1 aromatic rings. The number of methoxy groups -OCH3 is 1. The molecular weight excluding hydrogens is 200 g/mol. The van der Waals surface area contributed by atoms with Gasteiger partial charge in [-0.25, -0.2) is 0 Å². The van der Waals surface area contributed by atoms with Crippen LogP contribution in [0.25, 0.3) is 0 Å². The summed E-state index contributed by atoms with van der Waals surface area (Å²) in [5, 5.41) is 3.48. The molecule has 3 heteroatoms. The van der Waals surface area contributed by atoms with Gasteiger partial charge in [-0.2, -0.15) is 0 Å². The normalized spacial score (nSPS) is 25.9. The molecule has 1 aliphatic rings. The van der Waals surface area contributed by atoms with Crippen molar-refractivity contribution in [3.63, 3.8) is 0 Å². The predicted octanol–water partition coefficient (Wildman–Crippen LogP) is 1.45. The number of rotatable bonds is 3. The van der Waals surface area contributed by atoms with Gasteiger partial charge in [0.2, 0.25) is 0 Å². The van der Waals surface area contributed by atoms with Gasteiger partial charge in [0, 0.05) is 13.1 Å². The average Bonchev–Trinajstić information content (AvgIpc) is 2.72. The zero-order valence-electron chi connectivity index (χ0n) is 10.3. The van der Waals surface area contributed by atoms with Gasteiger partial charge in [-0.15, -0.1) is 0 Å². The molecule has 0 amide bonds. The molecule has 1 saturated heterocycles. The van der Waals surface area contributed by atoms with E-state index >= 15 is 0 Å². The van der Waals surface area contributed by atoms with E-state index in [1.54, 1.807) is 7.11 Å². The third-order valence-electron chi connectivity index (χ3n) is 3.58. The molecular formula is C13H20N2O. The van der Waals surface area contributed by atoms with Gasteiger partial charge in [0.05, 0.1) is 12.6 Å². The maximum absolute atomic E-state index is 5.19. The molecule has 1 aliphatic heterocycles. The number of likely N-dealkylation sites (tertiary alicyclic amines) is 1. The van der Waals surface area contributed by atoms with E-state index in [2.05, 4.69) is 29.4 Å². The SMILES string of the molecule is CNC1(c2ccc(OC)cc2)CCN(C)C1. The standard InChI is InChI=1S/C13H20N2O/c1-14-13(8-9-15(2)10-13)11-4-6-12(16-3)7-5-11/h4-7,14H,8-10H2,1-3H3. The summed E-state index contributed by atoms with van der Waals surface area (Å²) in [5.74, 6) is 0.918. The van der Waals surface area contributed by atoms with Crippen LogP contribution in [0.15, 0.2) is 24.3 Å². The van der Waals surface area contributed by atoms with Gasteiger partial charge in [-0.1, -0.05) is 12.1 Å². The molecule has 1 N–H and O–H groups in total. The number of nitrogens with one attached hydrogen (secondary N) is 1. The molecule has 1 aromatic carbocycles. The Morgan fingerprint density at radius 2 is 2.00 bits per heavy atom. The molecule has 0 aliphatic carbocycles. The monoisotopic (exact) mass is 220 g/mol. The number of benzene rings is 1. The minimum Gasteiger partial charge on any atom is -0.497 e. The van der Waals surface area contributed by atoms with E-state index in [-0.39, 0.29) is 5.54 Å². The van der Waals surface area contributed by atoms with Crippen molar-refractivity contribution in [1.29, 1.82) is 0 Å². The van der Waals surface area contributed by atoms with Crippen LogP contribution in [0, 0.1) is 0 Å². The third kappa shape index (κ3) is 1.93. The third-order valence-corrected chi connectivity index (χ3v) is 3.58. The highest BCUT2D eigenvalue weighted by Crippen LogP contribution is 2.31. The minimum absolute atomic E-state index is 0.112. The fourth-order valence-corrected chi connectivity index (χ4v) is 2.49. The number of likely N-dealkylation sites (N-methyl/N-ethyl adjacent to an activating group) is 2. The second-order valence-electron chi connectivity index (χ2n) is 4.55. The zero-order valence-corrected chi connectivity index (χ0v) is 10.3. The second-order valence-corrected chi connectivity index (χ2v) is 4.55. The smallest absolute Gasteiger partial charge is 0.118 e. The van der Waals surface area contributed by atoms with Crippen LogP contribution in [0.4, 0.5) is 0 Å². The zero-order chi connectivity index (χ0) is 11.6. The minimum atomic E-state index is 0.112. The van der Waals surface area contributed by atoms with Crippen molar-refractivity contribution in [3.8, 4) is 5.75 Å². The Balaban J connectivity index is 2.26. The Morgan fingerprint density at radius 1 is 1.31 bits per heavy atom. The molecule has 1 heterocycles. The lowest BCUT2D eigenvalue weighted by Gasteiger charge is -2.29. The fourth-order valence-electron chi connectivity index (χ4n) is 2.49. The lowest BCUT2D eigenvalue weighted by molar-refractivity contribution is 0.334. The molecule has 16 heavy (non-hydrogen) atoms. The van der Waals surface area contributed by atoms with E-state index < -0.39 is 0 Å². The highest BCUT2D eigenvalue weighted by atomic mass is 16.5. The van der Waals surface area contributed by atoms with E-state index in [9.17, 15) is 0 Å². The van der Waals surface area contributed by atoms with Crippen LogP contribution in [0.1, 0.15) is 12.0 Å². The largest absolute Gasteiger partial charge is 0.497 e. The molecule has 0 spiro atoms. The number of nitrogens with zero attached hydrogens (tertiary/aromatic N) is 1. The van der Waals surface area contributed by atoms with Crippen molar-refractivity contribution < 1.29 is 4.74 Å². The van der Waals surface area contributed by atoms with Crippen molar-refractivity contribution in [2.24, 2.45) is 0 Å². The summed E-state index contributed by atoms with van der Waals surface area (Å²) < 4.78 is 5.19. The van der Waals surface area contributed by atoms with Crippen molar-refractivity contribution in [2.45, 2.75) is 12.0 Å². The summed E-state index contributed by atoms with van der Waals surface area (Å²) in [4.78, 5) is 2.36. The molecule has 0 saturated carbocycles. The lowest BCUT2D eigenvalue weighted by Crippen LogP contribution is -2.42. The number of hydrogen-bond acceptors (Lipinski definition) is 3. The van der Waals surface area contributed by atoms with Crippen LogP contribution in [-0.2, 0) is 5.54 Å². The molecule has 88 valence electrons. The molecule has 0 bridgehead atoms. The van der Waals surface area contributed by atoms with Gasteiger partial charge in [-0.05, 0) is 38.2 Å². The Kier molecular flexibility index (Phi) is 3.17. The van der Waals surface area contributed by atoms with Gasteiger partial charge in [-0.3, -0.25) is 0 Å². The first-order valence-corrected chi connectivity index (χ1v) is 5.72. The van der Waals surface area contributed by atoms with E-state index in [1.807, 2.05) is 19.2 Å². The Hall–Kier alpha value is -1.06. The van der Waals surface area contributed by atoms with Crippen molar-refractivity contribution in [3.05, 3.63) is 29.8 Å². The lowest BCUT2D eigenvalue weighted by atomic mass is 9.89. The van der Waals surface area contributed by atoms with E-state index in [1.165, 1.54) is 5.56 Å². The Bertz CT molecular complexity index is 349. The Morgan fingerprint density at radius 3 is 2.44 bits per heavy atom. The van der Waals surface area contributed by atoms with Crippen LogP contribution in [0.3, 0.4) is 0 Å². The first kappa shape index (κ1) is 11.4. The molecule has 1 fully saturated rings. The first-order valence-electron chi connectivity index (χ1n) is 5.72. The average molecular weight is 220 g/mol. The summed E-state index contributed by atoms with van der Waals surface area (Å²) in [7, 11) is 5.91. The van der Waals surface area contributed by atoms with Crippen LogP contribution >= 0.6 is 0 Å². The van der Waals surface area contributed by atoms with Gasteiger partial charge in [0.15, 0.2) is 0 Å². The van der Waals surface area contributed by atoms with E-state index in [0.29, 0.717) is 0 Å². The Labute approximate surface area is 97.4 Å². The maximum atomic E-state index is 5.19. The maximum Gasteiger partial charge on any atom is 0.118 e. The van der Waals surface area contributed by atoms with Crippen molar-refractivity contribution in [1.82, 2.24) is 10.2 Å². The molecule has 2 rings (SSSR count). The topological polar surface area (TPSA) is 24.5 Å². The van der Waals surface area contributed by atoms with E-state index in [0.717, 1.165) is 25.3 Å². The van der Waals surface area contributed by atoms with Gasteiger partial charge in [0.25, 0.3) is 0 Å². The van der Waals surface area contributed by atoms with E-state index in [4.69, 9.17) is 4.74 Å². The summed E-state index contributed by atoms with van der Waals surface area (Å²) in [6.07, 6.45) is 1.16. The number of ether oxygens (including phenoxy) is 1. The quantitative estimate of drug-likeness (QED) is 0.834. The summed E-state index contributed by atoms with van der Waals surface area (Å²) >= 11 is 0. The second kappa shape index (κ2) is 4.44. The molecule has 0 radical (unpaired) electrons. The van der Waals surface area contributed by atoms with Gasteiger partial charge < -0.3 is 15.0 Å². The van der Waals surface area contributed by atoms with Crippen LogP contribution in [-0.4, -0.2) is 39.2 Å². The van der Waals surface area contributed by atoms with Crippen molar-refractivity contribution >= 4 is 0 Å². The fraction of sp³-hybridized carbons (Fsp3) is 0.538. The molecule has 3 nitrogen and oxygen atoms in total. The van der Waals surface area contributed by atoms with Crippen LogP contribution < -0.4 is 10.1 Å². The van der Waals surface area contributed by atoms with Crippen molar-refractivity contribution in [2.75, 3.05) is 34.3 Å². The highest BCUT2D eigenvalue weighted by Gasteiger charge is 2.36. The van der Waals surface area contributed by atoms with Crippen LogP contribution in [0.5, 0.6) is 5.75 Å².